The number of ether oxygens (including phenoxy) is 2. The number of nitrogens with zero attached hydrogens (tertiary/aromatic N) is 2. The van der Waals surface area contributed by atoms with Crippen molar-refractivity contribution < 1.29 is 13.7 Å². The maximum absolute atomic E-state index is 12.9. The number of hydrogen-bond donors (Lipinski definition) is 0. The largest absolute Gasteiger partial charge is 0.490 e. The highest BCUT2D eigenvalue weighted by molar-refractivity contribution is 7.74. The van der Waals surface area contributed by atoms with Crippen molar-refractivity contribution in [3.63, 3.8) is 0 Å². The first-order valence-electron chi connectivity index (χ1n) is 14.4. The van der Waals surface area contributed by atoms with Gasteiger partial charge in [-0.05, 0) is 97.6 Å². The van der Waals surface area contributed by atoms with Crippen molar-refractivity contribution in [3.8, 4) is 5.75 Å². The molecule has 2 aliphatic heterocycles. The monoisotopic (exact) mass is 531 g/mol. The SMILES string of the molecule is CO[C@H]1C2=CC[C@H]2C[S-](=O)=NCc2ccc3c(c2)N(C[C@@H]2CC[C@H]21)C[C@@]1(CCCc2cc(C)ccc21)CO3. The number of allylic oxidation sites excluding steroid dienone is 1. The third-order valence-electron chi connectivity index (χ3n) is 10.0. The minimum Gasteiger partial charge on any atom is -0.490 e. The van der Waals surface area contributed by atoms with Gasteiger partial charge in [-0.2, -0.15) is 10.6 Å². The molecule has 1 spiro atoms. The Morgan fingerprint density at radius 1 is 1.18 bits per heavy atom. The van der Waals surface area contributed by atoms with Gasteiger partial charge >= 0.3 is 0 Å². The lowest BCUT2D eigenvalue weighted by Crippen LogP contribution is -2.50. The van der Waals surface area contributed by atoms with Crippen LogP contribution in [0.15, 0.2) is 52.4 Å². The first-order chi connectivity index (χ1) is 18.5. The molecule has 2 bridgehead atoms. The van der Waals surface area contributed by atoms with E-state index < -0.39 is 10.6 Å². The van der Waals surface area contributed by atoms with Crippen LogP contribution >= 0.6 is 0 Å². The number of benzene rings is 2. The third-order valence-corrected chi connectivity index (χ3v) is 11.1. The van der Waals surface area contributed by atoms with E-state index in [9.17, 15) is 4.21 Å². The second kappa shape index (κ2) is 9.71. The molecule has 0 radical (unpaired) electrons. The van der Waals surface area contributed by atoms with Crippen LogP contribution in [-0.2, 0) is 37.9 Å². The predicted molar refractivity (Wildman–Crippen MR) is 152 cm³/mol. The lowest BCUT2D eigenvalue weighted by atomic mass is 9.65. The normalized spacial score (nSPS) is 32.6. The molecule has 5 atom stereocenters. The predicted octanol–water partition coefficient (Wildman–Crippen LogP) is 6.12. The van der Waals surface area contributed by atoms with Gasteiger partial charge in [-0.25, -0.2) is 0 Å². The van der Waals surface area contributed by atoms with E-state index in [1.807, 2.05) is 7.11 Å². The molecule has 6 heteroatoms. The summed E-state index contributed by atoms with van der Waals surface area (Å²) in [4.78, 5) is 2.64. The minimum atomic E-state index is -1.19. The Bertz CT molecular complexity index is 1360. The van der Waals surface area contributed by atoms with Gasteiger partial charge in [0.15, 0.2) is 0 Å². The standard InChI is InChI=1S/C32H39N2O3S/c1-21-5-11-28-23(14-21)4-3-13-32(28)19-34-17-24-7-9-26(24)31(36-2)27-10-8-25(27)18-38(35)33-16-22-6-12-30(37-20-32)29(34)15-22/h5-6,10-12,14-15,24-26,31H,3-4,7-9,13,16-20H2,1-2H3/q-1/t24-,25-,26+,31+,32-/m0/s1. The van der Waals surface area contributed by atoms with Gasteiger partial charge < -0.3 is 22.9 Å². The Kier molecular flexibility index (Phi) is 6.31. The average Bonchev–Trinajstić information content (AvgIpc) is 3.04. The van der Waals surface area contributed by atoms with Crippen molar-refractivity contribution in [3.05, 3.63) is 70.3 Å². The summed E-state index contributed by atoms with van der Waals surface area (Å²) < 4.78 is 30.4. The van der Waals surface area contributed by atoms with Gasteiger partial charge in [0.05, 0.1) is 18.4 Å². The van der Waals surface area contributed by atoms with E-state index >= 15 is 0 Å². The third kappa shape index (κ3) is 4.19. The van der Waals surface area contributed by atoms with Crippen molar-refractivity contribution in [1.82, 2.24) is 0 Å². The number of fused-ring (bicyclic) bond motifs is 5. The second-order valence-electron chi connectivity index (χ2n) is 12.3. The van der Waals surface area contributed by atoms with Crippen molar-refractivity contribution in [2.24, 2.45) is 22.1 Å². The van der Waals surface area contributed by atoms with Crippen LogP contribution in [0.2, 0.25) is 0 Å². The highest BCUT2D eigenvalue weighted by atomic mass is 32.2. The summed E-state index contributed by atoms with van der Waals surface area (Å²) in [6, 6.07) is 13.6. The fourth-order valence-electron chi connectivity index (χ4n) is 7.78. The molecule has 2 aromatic rings. The number of rotatable bonds is 1. The Morgan fingerprint density at radius 2 is 2.11 bits per heavy atom. The molecule has 0 aromatic heterocycles. The highest BCUT2D eigenvalue weighted by Gasteiger charge is 2.46. The molecule has 3 aliphatic carbocycles. The molecule has 2 heterocycles. The van der Waals surface area contributed by atoms with Crippen LogP contribution in [-0.4, -0.2) is 38.7 Å². The zero-order valence-electron chi connectivity index (χ0n) is 22.7. The summed E-state index contributed by atoms with van der Waals surface area (Å²) >= 11 is 0. The van der Waals surface area contributed by atoms with E-state index in [4.69, 9.17) is 9.47 Å². The van der Waals surface area contributed by atoms with E-state index in [2.05, 4.69) is 58.7 Å². The molecular formula is C32H39N2O3S-. The number of aryl methyl sites for hydroxylation is 2. The fraction of sp³-hybridized carbons (Fsp3) is 0.562. The minimum absolute atomic E-state index is 0.0146. The van der Waals surface area contributed by atoms with Gasteiger partial charge in [0, 0.05) is 32.2 Å². The van der Waals surface area contributed by atoms with E-state index in [1.54, 1.807) is 0 Å². The van der Waals surface area contributed by atoms with Crippen LogP contribution < -0.4 is 9.64 Å². The van der Waals surface area contributed by atoms with E-state index in [0.717, 1.165) is 43.7 Å². The molecule has 5 aliphatic rings. The molecule has 2 aromatic carbocycles. The second-order valence-corrected chi connectivity index (χ2v) is 13.6. The molecule has 5 nitrogen and oxygen atoms in total. The van der Waals surface area contributed by atoms with Crippen LogP contribution in [0.5, 0.6) is 5.75 Å². The molecule has 0 saturated heterocycles. The average molecular weight is 532 g/mol. The van der Waals surface area contributed by atoms with Gasteiger partial charge in [-0.3, -0.25) is 0 Å². The Hall–Kier alpha value is -2.31. The zero-order chi connectivity index (χ0) is 25.9. The first kappa shape index (κ1) is 24.7. The molecular weight excluding hydrogens is 492 g/mol. The van der Waals surface area contributed by atoms with Crippen LogP contribution in [0.3, 0.4) is 0 Å². The van der Waals surface area contributed by atoms with E-state index in [1.165, 1.54) is 47.2 Å². The summed E-state index contributed by atoms with van der Waals surface area (Å²) in [5.74, 6) is 3.01. The highest BCUT2D eigenvalue weighted by Crippen LogP contribution is 2.48. The summed E-state index contributed by atoms with van der Waals surface area (Å²) in [6.45, 7) is 5.38. The maximum atomic E-state index is 12.9. The maximum Gasteiger partial charge on any atom is 0.142 e. The van der Waals surface area contributed by atoms with Crippen molar-refractivity contribution in [2.45, 2.75) is 63.5 Å². The smallest absolute Gasteiger partial charge is 0.142 e. The van der Waals surface area contributed by atoms with Crippen LogP contribution in [0.25, 0.3) is 0 Å². The molecule has 0 amide bonds. The molecule has 0 N–H and O–H groups in total. The molecule has 202 valence electrons. The molecule has 0 unspecified atom stereocenters. The lowest BCUT2D eigenvalue weighted by Gasteiger charge is -2.48. The Morgan fingerprint density at radius 3 is 2.89 bits per heavy atom. The first-order valence-corrected chi connectivity index (χ1v) is 15.7. The molecule has 7 rings (SSSR count). The van der Waals surface area contributed by atoms with Crippen molar-refractivity contribution in [2.75, 3.05) is 37.5 Å². The van der Waals surface area contributed by atoms with Gasteiger partial charge in [0.1, 0.15) is 5.75 Å². The molecule has 1 fully saturated rings. The number of methoxy groups -OCH3 is 1. The number of hydrogen-bond acceptors (Lipinski definition) is 6. The molecule has 38 heavy (non-hydrogen) atoms. The lowest BCUT2D eigenvalue weighted by molar-refractivity contribution is -0.00146. The summed E-state index contributed by atoms with van der Waals surface area (Å²) in [5.41, 5.74) is 7.97. The van der Waals surface area contributed by atoms with Gasteiger partial charge in [0.25, 0.3) is 0 Å². The van der Waals surface area contributed by atoms with Crippen LogP contribution in [0, 0.1) is 24.7 Å². The Labute approximate surface area is 228 Å². The molecule has 1 saturated carbocycles. The summed E-state index contributed by atoms with van der Waals surface area (Å²) in [5, 5.41) is 0. The zero-order valence-corrected chi connectivity index (χ0v) is 23.5. The topological polar surface area (TPSA) is 51.1 Å². The van der Waals surface area contributed by atoms with E-state index in [0.29, 0.717) is 36.7 Å². The quantitative estimate of drug-likeness (QED) is 0.329. The summed E-state index contributed by atoms with van der Waals surface area (Å²) in [6.07, 6.45) is 9.40. The van der Waals surface area contributed by atoms with Crippen LogP contribution in [0.1, 0.15) is 54.4 Å². The van der Waals surface area contributed by atoms with Crippen LogP contribution in [0.4, 0.5) is 5.69 Å². The van der Waals surface area contributed by atoms with E-state index in [-0.39, 0.29) is 11.5 Å². The van der Waals surface area contributed by atoms with Crippen molar-refractivity contribution >= 4 is 16.3 Å². The van der Waals surface area contributed by atoms with Crippen molar-refractivity contribution in [1.29, 1.82) is 0 Å². The summed E-state index contributed by atoms with van der Waals surface area (Å²) in [7, 11) is 0.669. The van der Waals surface area contributed by atoms with Gasteiger partial charge in [-0.1, -0.05) is 41.7 Å². The van der Waals surface area contributed by atoms with Gasteiger partial charge in [0.2, 0.25) is 0 Å². The van der Waals surface area contributed by atoms with Gasteiger partial charge in [-0.15, -0.1) is 0 Å². The Balaban J connectivity index is 1.30. The number of anilines is 1. The fourth-order valence-corrected chi connectivity index (χ4v) is 8.86.